The van der Waals surface area contributed by atoms with Crippen molar-refractivity contribution in [2.75, 3.05) is 20.1 Å². The van der Waals surface area contributed by atoms with Gasteiger partial charge in [-0.2, -0.15) is 0 Å². The first-order valence-corrected chi connectivity index (χ1v) is 9.18. The number of rotatable bonds is 7. The molecule has 1 saturated heterocycles. The highest BCUT2D eigenvalue weighted by atomic mass is 16.2. The van der Waals surface area contributed by atoms with Crippen LogP contribution >= 0.6 is 0 Å². The zero-order chi connectivity index (χ0) is 18.0. The Kier molecular flexibility index (Phi) is 5.37. The van der Waals surface area contributed by atoms with Crippen LogP contribution < -0.4 is 5.32 Å². The number of nitrogens with one attached hydrogen (secondary N) is 1. The first kappa shape index (κ1) is 17.9. The van der Waals surface area contributed by atoms with Crippen LogP contribution in [-0.2, 0) is 9.59 Å². The topological polar surface area (TPSA) is 65.5 Å². The molecule has 1 N–H and O–H groups in total. The molecule has 2 aliphatic rings. The van der Waals surface area contributed by atoms with Crippen LogP contribution in [0.3, 0.4) is 0 Å². The molecule has 1 aromatic heterocycles. The lowest BCUT2D eigenvalue weighted by atomic mass is 9.94. The molecule has 136 valence electrons. The maximum Gasteiger partial charge on any atom is 0.226 e. The monoisotopic (exact) mass is 344 g/mol. The minimum absolute atomic E-state index is 0.00999. The van der Waals surface area contributed by atoms with Crippen LogP contribution in [0.5, 0.6) is 0 Å². The first-order valence-electron chi connectivity index (χ1n) is 9.18. The van der Waals surface area contributed by atoms with E-state index in [1.165, 1.54) is 12.8 Å². The van der Waals surface area contributed by atoms with E-state index < -0.39 is 0 Å². The SMILES string of the molecule is CC(C)N(CCNC(=O)[C@@H]1CC(=O)N(C)[C@H]1c1cccnc1)C1CC1. The summed E-state index contributed by atoms with van der Waals surface area (Å²) < 4.78 is 0. The Morgan fingerprint density at radius 1 is 1.44 bits per heavy atom. The molecule has 2 fully saturated rings. The fourth-order valence-electron chi connectivity index (χ4n) is 3.82. The number of hydrogen-bond acceptors (Lipinski definition) is 4. The van der Waals surface area contributed by atoms with Crippen LogP contribution in [0, 0.1) is 5.92 Å². The average Bonchev–Trinajstić information content (AvgIpc) is 3.38. The molecule has 0 aromatic carbocycles. The Hall–Kier alpha value is -1.95. The minimum Gasteiger partial charge on any atom is -0.354 e. The molecular formula is C19H28N4O2. The number of carbonyl (C=O) groups is 2. The average molecular weight is 344 g/mol. The minimum atomic E-state index is -0.352. The van der Waals surface area contributed by atoms with Crippen LogP contribution in [0.1, 0.15) is 44.7 Å². The van der Waals surface area contributed by atoms with Crippen molar-refractivity contribution in [3.05, 3.63) is 30.1 Å². The van der Waals surface area contributed by atoms with E-state index in [1.54, 1.807) is 24.3 Å². The fourth-order valence-corrected chi connectivity index (χ4v) is 3.82. The van der Waals surface area contributed by atoms with Crippen molar-refractivity contribution in [3.8, 4) is 0 Å². The van der Waals surface area contributed by atoms with E-state index in [1.807, 2.05) is 12.1 Å². The van der Waals surface area contributed by atoms with E-state index in [9.17, 15) is 9.59 Å². The van der Waals surface area contributed by atoms with Crippen LogP contribution in [0.15, 0.2) is 24.5 Å². The molecule has 2 amide bonds. The van der Waals surface area contributed by atoms with Gasteiger partial charge in [0.25, 0.3) is 0 Å². The number of carbonyl (C=O) groups excluding carboxylic acids is 2. The lowest BCUT2D eigenvalue weighted by Crippen LogP contribution is -2.42. The number of hydrogen-bond donors (Lipinski definition) is 1. The zero-order valence-electron chi connectivity index (χ0n) is 15.3. The Balaban J connectivity index is 1.61. The summed E-state index contributed by atoms with van der Waals surface area (Å²) in [6.07, 6.45) is 6.23. The zero-order valence-corrected chi connectivity index (χ0v) is 15.3. The van der Waals surface area contributed by atoms with E-state index in [4.69, 9.17) is 0 Å². The van der Waals surface area contributed by atoms with Crippen molar-refractivity contribution in [2.24, 2.45) is 5.92 Å². The quantitative estimate of drug-likeness (QED) is 0.816. The summed E-state index contributed by atoms with van der Waals surface area (Å²) in [5.74, 6) is -0.378. The standard InChI is InChI=1S/C19H28N4O2/c1-13(2)23(15-6-7-15)10-9-21-19(25)16-11-17(24)22(3)18(16)14-5-4-8-20-12-14/h4-5,8,12-13,15-16,18H,6-7,9-11H2,1-3H3,(H,21,25)/t16-,18+/m1/s1. The van der Waals surface area contributed by atoms with Gasteiger partial charge in [-0.15, -0.1) is 0 Å². The summed E-state index contributed by atoms with van der Waals surface area (Å²) in [5, 5.41) is 3.05. The van der Waals surface area contributed by atoms with E-state index in [0.717, 1.165) is 12.1 Å². The highest BCUT2D eigenvalue weighted by Crippen LogP contribution is 2.36. The van der Waals surface area contributed by atoms with Crippen LogP contribution in [-0.4, -0.2) is 58.8 Å². The van der Waals surface area contributed by atoms with Gasteiger partial charge in [0.05, 0.1) is 12.0 Å². The summed E-state index contributed by atoms with van der Waals surface area (Å²) in [6.45, 7) is 5.89. The molecule has 1 aliphatic carbocycles. The second-order valence-corrected chi connectivity index (χ2v) is 7.40. The van der Waals surface area contributed by atoms with Gasteiger partial charge in [0.2, 0.25) is 11.8 Å². The Morgan fingerprint density at radius 2 is 2.20 bits per heavy atom. The van der Waals surface area contributed by atoms with E-state index in [-0.39, 0.29) is 30.2 Å². The molecule has 3 rings (SSSR count). The van der Waals surface area contributed by atoms with E-state index in [0.29, 0.717) is 18.6 Å². The van der Waals surface area contributed by atoms with Gasteiger partial charge in [0.1, 0.15) is 0 Å². The van der Waals surface area contributed by atoms with E-state index >= 15 is 0 Å². The Morgan fingerprint density at radius 3 is 2.80 bits per heavy atom. The highest BCUT2D eigenvalue weighted by Gasteiger charge is 2.42. The van der Waals surface area contributed by atoms with Crippen molar-refractivity contribution >= 4 is 11.8 Å². The van der Waals surface area contributed by atoms with Gasteiger partial charge in [0, 0.05) is 51.0 Å². The van der Waals surface area contributed by atoms with Crippen molar-refractivity contribution < 1.29 is 9.59 Å². The third kappa shape index (κ3) is 4.00. The second kappa shape index (κ2) is 7.52. The third-order valence-electron chi connectivity index (χ3n) is 5.30. The molecule has 2 atom stereocenters. The summed E-state index contributed by atoms with van der Waals surface area (Å²) in [7, 11) is 1.76. The lowest BCUT2D eigenvalue weighted by molar-refractivity contribution is -0.128. The van der Waals surface area contributed by atoms with Gasteiger partial charge >= 0.3 is 0 Å². The predicted molar refractivity (Wildman–Crippen MR) is 95.7 cm³/mol. The predicted octanol–water partition coefficient (Wildman–Crippen LogP) is 1.59. The molecule has 1 saturated carbocycles. The van der Waals surface area contributed by atoms with Crippen molar-refractivity contribution in [1.29, 1.82) is 0 Å². The third-order valence-corrected chi connectivity index (χ3v) is 5.30. The molecule has 0 radical (unpaired) electrons. The number of aromatic nitrogens is 1. The fraction of sp³-hybridized carbons (Fsp3) is 0.632. The summed E-state index contributed by atoms with van der Waals surface area (Å²) in [5.41, 5.74) is 0.915. The second-order valence-electron chi connectivity index (χ2n) is 7.40. The molecule has 6 nitrogen and oxygen atoms in total. The van der Waals surface area contributed by atoms with Gasteiger partial charge in [-0.1, -0.05) is 6.07 Å². The van der Waals surface area contributed by atoms with Gasteiger partial charge in [-0.3, -0.25) is 19.5 Å². The summed E-state index contributed by atoms with van der Waals surface area (Å²) in [6, 6.07) is 4.72. The molecular weight excluding hydrogens is 316 g/mol. The lowest BCUT2D eigenvalue weighted by Gasteiger charge is -2.27. The highest BCUT2D eigenvalue weighted by molar-refractivity contribution is 5.90. The normalized spacial score (nSPS) is 23.6. The van der Waals surface area contributed by atoms with Crippen LogP contribution in [0.4, 0.5) is 0 Å². The smallest absolute Gasteiger partial charge is 0.226 e. The van der Waals surface area contributed by atoms with Crippen LogP contribution in [0.2, 0.25) is 0 Å². The number of likely N-dealkylation sites (tertiary alicyclic amines) is 1. The van der Waals surface area contributed by atoms with Crippen LogP contribution in [0.25, 0.3) is 0 Å². The molecule has 0 unspecified atom stereocenters. The molecule has 1 aliphatic heterocycles. The van der Waals surface area contributed by atoms with Crippen molar-refractivity contribution in [1.82, 2.24) is 20.1 Å². The summed E-state index contributed by atoms with van der Waals surface area (Å²) >= 11 is 0. The first-order chi connectivity index (χ1) is 12.0. The number of nitrogens with zero attached hydrogens (tertiary/aromatic N) is 3. The maximum atomic E-state index is 12.7. The van der Waals surface area contributed by atoms with Gasteiger partial charge in [0.15, 0.2) is 0 Å². The van der Waals surface area contributed by atoms with Gasteiger partial charge < -0.3 is 10.2 Å². The van der Waals surface area contributed by atoms with Crippen molar-refractivity contribution in [3.63, 3.8) is 0 Å². The molecule has 25 heavy (non-hydrogen) atoms. The molecule has 1 aromatic rings. The van der Waals surface area contributed by atoms with Gasteiger partial charge in [-0.25, -0.2) is 0 Å². The summed E-state index contributed by atoms with van der Waals surface area (Å²) in [4.78, 5) is 33.1. The Labute approximate surface area is 149 Å². The molecule has 2 heterocycles. The molecule has 0 bridgehead atoms. The number of pyridine rings is 1. The largest absolute Gasteiger partial charge is 0.354 e. The molecule has 6 heteroatoms. The molecule has 0 spiro atoms. The Bertz CT molecular complexity index is 613. The van der Waals surface area contributed by atoms with E-state index in [2.05, 4.69) is 29.0 Å². The number of amides is 2. The van der Waals surface area contributed by atoms with Gasteiger partial charge in [-0.05, 0) is 38.3 Å². The maximum absolute atomic E-state index is 12.7. The van der Waals surface area contributed by atoms with Crippen molar-refractivity contribution in [2.45, 2.75) is 51.2 Å².